The van der Waals surface area contributed by atoms with Gasteiger partial charge in [-0.1, -0.05) is 29.5 Å². The van der Waals surface area contributed by atoms with Crippen LogP contribution in [0, 0.1) is 11.6 Å². The van der Waals surface area contributed by atoms with Crippen LogP contribution in [-0.2, 0) is 12.7 Å². The van der Waals surface area contributed by atoms with Crippen molar-refractivity contribution in [2.75, 3.05) is 5.32 Å². The number of alkyl halides is 3. The molecule has 0 amide bonds. The molecule has 0 aliphatic carbocycles. The summed E-state index contributed by atoms with van der Waals surface area (Å²) in [7, 11) is 0. The van der Waals surface area contributed by atoms with Crippen LogP contribution in [0.25, 0.3) is 0 Å². The highest BCUT2D eigenvalue weighted by Crippen LogP contribution is 2.30. The van der Waals surface area contributed by atoms with E-state index in [-0.39, 0.29) is 27.7 Å². The Morgan fingerprint density at radius 2 is 1.74 bits per heavy atom. The van der Waals surface area contributed by atoms with Gasteiger partial charge < -0.3 is 5.32 Å². The Morgan fingerprint density at radius 1 is 1.07 bits per heavy atom. The van der Waals surface area contributed by atoms with Crippen LogP contribution in [-0.4, -0.2) is 10.8 Å². The highest BCUT2D eigenvalue weighted by molar-refractivity contribution is 7.17. The first-order chi connectivity index (χ1) is 12.8. The second-order valence-electron chi connectivity index (χ2n) is 5.49. The van der Waals surface area contributed by atoms with Crippen molar-refractivity contribution >= 4 is 22.3 Å². The maximum absolute atomic E-state index is 13.6. The maximum atomic E-state index is 13.6. The zero-order valence-electron chi connectivity index (χ0n) is 13.5. The second kappa shape index (κ2) is 7.43. The molecule has 0 bridgehead atoms. The van der Waals surface area contributed by atoms with Crippen LogP contribution in [0.4, 0.5) is 27.1 Å². The lowest BCUT2D eigenvalue weighted by Crippen LogP contribution is -2.07. The van der Waals surface area contributed by atoms with Crippen molar-refractivity contribution in [2.45, 2.75) is 12.7 Å². The summed E-state index contributed by atoms with van der Waals surface area (Å²) < 4.78 is 65.5. The number of nitrogens with one attached hydrogen (secondary N) is 1. The van der Waals surface area contributed by atoms with Gasteiger partial charge in [0.1, 0.15) is 11.6 Å². The maximum Gasteiger partial charge on any atom is 0.416 e. The van der Waals surface area contributed by atoms with E-state index in [2.05, 4.69) is 10.3 Å². The molecule has 140 valence electrons. The molecule has 0 radical (unpaired) electrons. The van der Waals surface area contributed by atoms with Crippen molar-refractivity contribution in [3.63, 3.8) is 0 Å². The molecule has 0 saturated heterocycles. The molecule has 3 nitrogen and oxygen atoms in total. The van der Waals surface area contributed by atoms with Crippen LogP contribution in [0.2, 0.25) is 0 Å². The van der Waals surface area contributed by atoms with Crippen LogP contribution in [0.3, 0.4) is 0 Å². The number of thiazole rings is 1. The quantitative estimate of drug-likeness (QED) is 0.470. The van der Waals surface area contributed by atoms with Crippen LogP contribution < -0.4 is 5.32 Å². The third-order valence-corrected chi connectivity index (χ3v) is 4.61. The van der Waals surface area contributed by atoms with Gasteiger partial charge in [0.05, 0.1) is 16.6 Å². The van der Waals surface area contributed by atoms with Crippen molar-refractivity contribution in [3.05, 3.63) is 81.9 Å². The number of benzene rings is 2. The standard InChI is InChI=1S/C18H11F5N2OS/c19-13-5-2-6-14(20)12(13)8-24-17-25-9-15(27-17)16(26)10-3-1-4-11(7-10)18(21,22)23/h1-7,9H,8H2,(H,24,25). The van der Waals surface area contributed by atoms with E-state index < -0.39 is 29.2 Å². The zero-order chi connectivity index (χ0) is 19.6. The van der Waals surface area contributed by atoms with Gasteiger partial charge in [0.15, 0.2) is 5.13 Å². The molecule has 27 heavy (non-hydrogen) atoms. The fraction of sp³-hybridized carbons (Fsp3) is 0.111. The summed E-state index contributed by atoms with van der Waals surface area (Å²) in [6.45, 7) is -0.191. The number of carbonyl (C=O) groups excluding carboxylic acids is 1. The van der Waals surface area contributed by atoms with Crippen molar-refractivity contribution in [3.8, 4) is 0 Å². The van der Waals surface area contributed by atoms with Gasteiger partial charge in [0.25, 0.3) is 0 Å². The molecule has 9 heteroatoms. The Bertz CT molecular complexity index is 964. The normalized spacial score (nSPS) is 11.4. The van der Waals surface area contributed by atoms with Crippen LogP contribution >= 0.6 is 11.3 Å². The minimum atomic E-state index is -4.56. The van der Waals surface area contributed by atoms with E-state index in [1.807, 2.05) is 0 Å². The average molecular weight is 398 g/mol. The molecular formula is C18H11F5N2OS. The number of aromatic nitrogens is 1. The van der Waals surface area contributed by atoms with Crippen molar-refractivity contribution in [2.24, 2.45) is 0 Å². The summed E-state index contributed by atoms with van der Waals surface area (Å²) in [5.74, 6) is -2.07. The van der Waals surface area contributed by atoms with E-state index in [4.69, 9.17) is 0 Å². The number of hydrogen-bond donors (Lipinski definition) is 1. The molecular weight excluding hydrogens is 387 g/mol. The van der Waals surface area contributed by atoms with Crippen LogP contribution in [0.1, 0.15) is 26.4 Å². The van der Waals surface area contributed by atoms with Crippen molar-refractivity contribution in [1.29, 1.82) is 0 Å². The van der Waals surface area contributed by atoms with E-state index in [1.54, 1.807) is 0 Å². The average Bonchev–Trinajstić information content (AvgIpc) is 3.09. The first-order valence-corrected chi connectivity index (χ1v) is 8.42. The highest BCUT2D eigenvalue weighted by Gasteiger charge is 2.31. The molecule has 0 fully saturated rings. The molecule has 3 rings (SSSR count). The molecule has 1 N–H and O–H groups in total. The Kier molecular flexibility index (Phi) is 5.22. The Morgan fingerprint density at radius 3 is 2.41 bits per heavy atom. The van der Waals surface area contributed by atoms with E-state index in [0.717, 1.165) is 41.7 Å². The molecule has 0 aliphatic heterocycles. The minimum absolute atomic E-state index is 0.103. The summed E-state index contributed by atoms with van der Waals surface area (Å²) >= 11 is 0.882. The molecule has 0 spiro atoms. The van der Waals surface area contributed by atoms with E-state index in [0.29, 0.717) is 0 Å². The summed E-state index contributed by atoms with van der Waals surface area (Å²) in [6, 6.07) is 7.54. The van der Waals surface area contributed by atoms with Crippen LogP contribution in [0.5, 0.6) is 0 Å². The number of halogens is 5. The second-order valence-corrected chi connectivity index (χ2v) is 6.52. The third-order valence-electron chi connectivity index (χ3n) is 3.66. The fourth-order valence-electron chi connectivity index (χ4n) is 2.31. The van der Waals surface area contributed by atoms with Gasteiger partial charge in [-0.25, -0.2) is 13.8 Å². The van der Waals surface area contributed by atoms with Gasteiger partial charge in [-0.05, 0) is 24.3 Å². The Hall–Kier alpha value is -2.81. The zero-order valence-corrected chi connectivity index (χ0v) is 14.3. The monoisotopic (exact) mass is 398 g/mol. The number of ketones is 1. The molecule has 2 aromatic carbocycles. The predicted octanol–water partition coefficient (Wildman–Crippen LogP) is 5.28. The lowest BCUT2D eigenvalue weighted by Gasteiger charge is -2.07. The molecule has 0 unspecified atom stereocenters. The lowest BCUT2D eigenvalue weighted by molar-refractivity contribution is -0.137. The number of anilines is 1. The first-order valence-electron chi connectivity index (χ1n) is 7.60. The summed E-state index contributed by atoms with van der Waals surface area (Å²) in [5, 5.41) is 2.92. The SMILES string of the molecule is O=C(c1cccc(C(F)(F)F)c1)c1cnc(NCc2c(F)cccc2F)s1. The number of rotatable bonds is 5. The number of nitrogens with zero attached hydrogens (tertiary/aromatic N) is 1. The van der Waals surface area contributed by atoms with Gasteiger partial charge in [-0.15, -0.1) is 0 Å². The minimum Gasteiger partial charge on any atom is -0.357 e. The lowest BCUT2D eigenvalue weighted by atomic mass is 10.1. The number of hydrogen-bond acceptors (Lipinski definition) is 4. The Labute approximate surface area is 154 Å². The van der Waals surface area contributed by atoms with Crippen molar-refractivity contribution < 1.29 is 26.7 Å². The topological polar surface area (TPSA) is 42.0 Å². The van der Waals surface area contributed by atoms with Crippen LogP contribution in [0.15, 0.2) is 48.7 Å². The fourth-order valence-corrected chi connectivity index (χ4v) is 3.08. The summed E-state index contributed by atoms with van der Waals surface area (Å²) in [4.78, 5) is 16.4. The van der Waals surface area contributed by atoms with Gasteiger partial charge in [0.2, 0.25) is 5.78 Å². The predicted molar refractivity (Wildman–Crippen MR) is 90.7 cm³/mol. The largest absolute Gasteiger partial charge is 0.416 e. The van der Waals surface area contributed by atoms with Gasteiger partial charge in [-0.2, -0.15) is 13.2 Å². The Balaban J connectivity index is 1.75. The number of carbonyl (C=O) groups is 1. The summed E-state index contributed by atoms with van der Waals surface area (Å²) in [6.07, 6.45) is -3.35. The van der Waals surface area contributed by atoms with E-state index >= 15 is 0 Å². The van der Waals surface area contributed by atoms with Gasteiger partial charge in [-0.3, -0.25) is 4.79 Å². The molecule has 0 atom stereocenters. The summed E-state index contributed by atoms with van der Waals surface area (Å²) in [5.41, 5.74) is -1.23. The smallest absolute Gasteiger partial charge is 0.357 e. The molecule has 1 aromatic heterocycles. The van der Waals surface area contributed by atoms with Gasteiger partial charge >= 0.3 is 6.18 Å². The highest BCUT2D eigenvalue weighted by atomic mass is 32.1. The molecule has 3 aromatic rings. The molecule has 1 heterocycles. The van der Waals surface area contributed by atoms with E-state index in [1.165, 1.54) is 18.3 Å². The first kappa shape index (κ1) is 19.0. The molecule has 0 aliphatic rings. The van der Waals surface area contributed by atoms with Gasteiger partial charge in [0, 0.05) is 17.7 Å². The third kappa shape index (κ3) is 4.30. The van der Waals surface area contributed by atoms with Crippen molar-refractivity contribution in [1.82, 2.24) is 4.98 Å². The molecule has 0 saturated carbocycles. The van der Waals surface area contributed by atoms with E-state index in [9.17, 15) is 26.7 Å².